The lowest BCUT2D eigenvalue weighted by Gasteiger charge is -2.17. The van der Waals surface area contributed by atoms with Crippen molar-refractivity contribution in [3.8, 4) is 5.75 Å². The Bertz CT molecular complexity index is 439. The first-order chi connectivity index (χ1) is 8.20. The van der Waals surface area contributed by atoms with Crippen LogP contribution in [0.15, 0.2) is 36.4 Å². The number of methoxy groups -OCH3 is 1. The van der Waals surface area contributed by atoms with E-state index in [0.29, 0.717) is 6.42 Å². The lowest BCUT2D eigenvalue weighted by atomic mass is 10.0. The lowest BCUT2D eigenvalue weighted by molar-refractivity contribution is -0.142. The van der Waals surface area contributed by atoms with E-state index in [-0.39, 0.29) is 0 Å². The zero-order valence-corrected chi connectivity index (χ0v) is 9.50. The molecule has 4 nitrogen and oxygen atoms in total. The summed E-state index contributed by atoms with van der Waals surface area (Å²) in [5, 5.41) is 9.96. The van der Waals surface area contributed by atoms with Gasteiger partial charge in [0, 0.05) is 12.5 Å². The van der Waals surface area contributed by atoms with E-state index in [1.807, 2.05) is 24.3 Å². The van der Waals surface area contributed by atoms with Crippen LogP contribution in [0.25, 0.3) is 0 Å². The summed E-state index contributed by atoms with van der Waals surface area (Å²) in [5.74, 6) is 0.314. The van der Waals surface area contributed by atoms with Crippen LogP contribution in [0.5, 0.6) is 5.75 Å². The average Bonchev–Trinajstić information content (AvgIpc) is 2.77. The maximum Gasteiger partial charge on any atom is 0.331 e. The summed E-state index contributed by atoms with van der Waals surface area (Å²) in [6, 6.07) is 7.45. The number of hydrogen-bond donors (Lipinski definition) is 1. The van der Waals surface area contributed by atoms with Crippen molar-refractivity contribution in [3.63, 3.8) is 0 Å². The SMILES string of the molecule is COc1ccccc1C[C@@H](O)[C@H]1C=CC(=O)O1. The molecule has 1 aliphatic heterocycles. The second kappa shape index (κ2) is 5.01. The van der Waals surface area contributed by atoms with Crippen molar-refractivity contribution in [2.45, 2.75) is 18.6 Å². The van der Waals surface area contributed by atoms with Crippen LogP contribution in [0.3, 0.4) is 0 Å². The van der Waals surface area contributed by atoms with Crippen LogP contribution < -0.4 is 4.74 Å². The fraction of sp³-hybridized carbons (Fsp3) is 0.308. The maximum atomic E-state index is 10.9. The zero-order chi connectivity index (χ0) is 12.3. The van der Waals surface area contributed by atoms with Crippen molar-refractivity contribution in [2.24, 2.45) is 0 Å². The molecule has 1 N–H and O–H groups in total. The minimum atomic E-state index is -0.756. The Kier molecular flexibility index (Phi) is 3.44. The van der Waals surface area contributed by atoms with E-state index in [1.54, 1.807) is 13.2 Å². The van der Waals surface area contributed by atoms with E-state index in [9.17, 15) is 9.90 Å². The number of para-hydroxylation sites is 1. The molecule has 0 radical (unpaired) electrons. The summed E-state index contributed by atoms with van der Waals surface area (Å²) in [6.45, 7) is 0. The fourth-order valence-electron chi connectivity index (χ4n) is 1.81. The molecule has 2 rings (SSSR count). The molecular formula is C13H14O4. The van der Waals surface area contributed by atoms with Gasteiger partial charge in [-0.1, -0.05) is 18.2 Å². The molecule has 0 spiro atoms. The van der Waals surface area contributed by atoms with E-state index in [2.05, 4.69) is 0 Å². The summed E-state index contributed by atoms with van der Waals surface area (Å²) >= 11 is 0. The Morgan fingerprint density at radius 1 is 1.47 bits per heavy atom. The number of ether oxygens (including phenoxy) is 2. The van der Waals surface area contributed by atoms with E-state index in [4.69, 9.17) is 9.47 Å². The second-order valence-electron chi connectivity index (χ2n) is 3.84. The van der Waals surface area contributed by atoms with Crippen LogP contribution in [-0.4, -0.2) is 30.4 Å². The van der Waals surface area contributed by atoms with Crippen molar-refractivity contribution in [2.75, 3.05) is 7.11 Å². The van der Waals surface area contributed by atoms with Gasteiger partial charge in [-0.2, -0.15) is 0 Å². The van der Waals surface area contributed by atoms with Crippen LogP contribution >= 0.6 is 0 Å². The van der Waals surface area contributed by atoms with Crippen LogP contribution in [0.4, 0.5) is 0 Å². The molecule has 0 bridgehead atoms. The monoisotopic (exact) mass is 234 g/mol. The summed E-state index contributed by atoms with van der Waals surface area (Å²) < 4.78 is 10.1. The van der Waals surface area contributed by atoms with Gasteiger partial charge in [-0.05, 0) is 17.7 Å². The Hall–Kier alpha value is -1.81. The van der Waals surface area contributed by atoms with E-state index in [1.165, 1.54) is 6.08 Å². The molecule has 17 heavy (non-hydrogen) atoms. The smallest absolute Gasteiger partial charge is 0.331 e. The van der Waals surface area contributed by atoms with Gasteiger partial charge in [0.15, 0.2) is 0 Å². The maximum absolute atomic E-state index is 10.9. The number of cyclic esters (lactones) is 1. The Morgan fingerprint density at radius 3 is 2.88 bits per heavy atom. The second-order valence-corrected chi connectivity index (χ2v) is 3.84. The normalized spacial score (nSPS) is 20.1. The highest BCUT2D eigenvalue weighted by atomic mass is 16.6. The summed E-state index contributed by atoms with van der Waals surface area (Å²) in [7, 11) is 1.58. The highest BCUT2D eigenvalue weighted by Crippen LogP contribution is 2.21. The molecule has 0 aliphatic carbocycles. The number of carbonyl (C=O) groups is 1. The van der Waals surface area contributed by atoms with Gasteiger partial charge in [0.2, 0.25) is 0 Å². The molecule has 90 valence electrons. The van der Waals surface area contributed by atoms with Gasteiger partial charge in [-0.25, -0.2) is 4.79 Å². The van der Waals surface area contributed by atoms with Gasteiger partial charge in [-0.3, -0.25) is 0 Å². The van der Waals surface area contributed by atoms with Gasteiger partial charge >= 0.3 is 5.97 Å². The van der Waals surface area contributed by atoms with Gasteiger partial charge in [0.1, 0.15) is 11.9 Å². The van der Waals surface area contributed by atoms with Gasteiger partial charge in [0.05, 0.1) is 13.2 Å². The van der Waals surface area contributed by atoms with Gasteiger partial charge < -0.3 is 14.6 Å². The largest absolute Gasteiger partial charge is 0.496 e. The molecule has 0 unspecified atom stereocenters. The van der Waals surface area contributed by atoms with Crippen molar-refractivity contribution in [1.29, 1.82) is 0 Å². The van der Waals surface area contributed by atoms with Crippen LogP contribution in [-0.2, 0) is 16.0 Å². The molecule has 1 aromatic rings. The molecule has 0 amide bonds. The molecule has 0 saturated carbocycles. The summed E-state index contributed by atoms with van der Waals surface area (Å²) in [4.78, 5) is 10.9. The first kappa shape index (κ1) is 11.7. The quantitative estimate of drug-likeness (QED) is 0.792. The number of aliphatic hydroxyl groups is 1. The molecule has 0 saturated heterocycles. The molecule has 1 aromatic carbocycles. The minimum Gasteiger partial charge on any atom is -0.496 e. The number of rotatable bonds is 4. The predicted octanol–water partition coefficient (Wildman–Crippen LogP) is 1.08. The highest BCUT2D eigenvalue weighted by Gasteiger charge is 2.25. The number of aliphatic hydroxyl groups excluding tert-OH is 1. The third-order valence-electron chi connectivity index (χ3n) is 2.68. The highest BCUT2D eigenvalue weighted by molar-refractivity contribution is 5.84. The van der Waals surface area contributed by atoms with E-state index < -0.39 is 18.2 Å². The summed E-state index contributed by atoms with van der Waals surface area (Å²) in [6.07, 6.45) is 1.96. The molecule has 2 atom stereocenters. The van der Waals surface area contributed by atoms with Crippen molar-refractivity contribution in [1.82, 2.24) is 0 Å². The van der Waals surface area contributed by atoms with Crippen LogP contribution in [0, 0.1) is 0 Å². The van der Waals surface area contributed by atoms with Crippen molar-refractivity contribution < 1.29 is 19.4 Å². The van der Waals surface area contributed by atoms with Crippen LogP contribution in [0.1, 0.15) is 5.56 Å². The topological polar surface area (TPSA) is 55.8 Å². The number of carbonyl (C=O) groups excluding carboxylic acids is 1. The average molecular weight is 234 g/mol. The van der Waals surface area contributed by atoms with Gasteiger partial charge in [-0.15, -0.1) is 0 Å². The Balaban J connectivity index is 2.05. The first-order valence-corrected chi connectivity index (χ1v) is 5.39. The third-order valence-corrected chi connectivity index (χ3v) is 2.68. The third kappa shape index (κ3) is 2.65. The standard InChI is InChI=1S/C13H14O4/c1-16-11-5-3-2-4-9(11)8-10(14)12-6-7-13(15)17-12/h2-7,10,12,14H,8H2,1H3/t10-,12-/m1/s1. The molecule has 0 fully saturated rings. The lowest BCUT2D eigenvalue weighted by Crippen LogP contribution is -2.27. The van der Waals surface area contributed by atoms with Crippen LogP contribution in [0.2, 0.25) is 0 Å². The molecule has 0 aromatic heterocycles. The van der Waals surface area contributed by atoms with Crippen molar-refractivity contribution >= 4 is 5.97 Å². The Labute approximate surface area is 99.5 Å². The van der Waals surface area contributed by atoms with E-state index >= 15 is 0 Å². The molecule has 4 heteroatoms. The predicted molar refractivity (Wildman–Crippen MR) is 61.7 cm³/mol. The summed E-state index contributed by atoms with van der Waals surface area (Å²) in [5.41, 5.74) is 0.888. The minimum absolute atomic E-state index is 0.381. The fourth-order valence-corrected chi connectivity index (χ4v) is 1.81. The number of hydrogen-bond acceptors (Lipinski definition) is 4. The van der Waals surface area contributed by atoms with E-state index in [0.717, 1.165) is 11.3 Å². The number of benzene rings is 1. The van der Waals surface area contributed by atoms with Gasteiger partial charge in [0.25, 0.3) is 0 Å². The van der Waals surface area contributed by atoms with Crippen molar-refractivity contribution in [3.05, 3.63) is 42.0 Å². The Morgan fingerprint density at radius 2 is 2.24 bits per heavy atom. The molecule has 1 heterocycles. The zero-order valence-electron chi connectivity index (χ0n) is 9.50. The number of esters is 1. The first-order valence-electron chi connectivity index (χ1n) is 5.39. The molecular weight excluding hydrogens is 220 g/mol. The molecule has 1 aliphatic rings.